The monoisotopic (exact) mass is 421 g/mol. The van der Waals surface area contributed by atoms with E-state index in [1.54, 1.807) is 12.1 Å². The number of alkyl halides is 2. The van der Waals surface area contributed by atoms with Gasteiger partial charge in [-0.3, -0.25) is 14.7 Å². The molecule has 0 bridgehead atoms. The van der Waals surface area contributed by atoms with Crippen LogP contribution in [0.3, 0.4) is 0 Å². The SMILES string of the molecule is CCCCCC(Cl)(Cl)c1[nH]nc2c3c(ccc12)C(=O)C=C(N(CC)CC)C3=O. The fourth-order valence-corrected chi connectivity index (χ4v) is 4.27. The van der Waals surface area contributed by atoms with Crippen molar-refractivity contribution in [1.82, 2.24) is 15.1 Å². The molecular formula is C21H25Cl2N3O2. The summed E-state index contributed by atoms with van der Waals surface area (Å²) < 4.78 is -1.13. The Balaban J connectivity index is 2.09. The fourth-order valence-electron chi connectivity index (χ4n) is 3.71. The number of halogens is 2. The van der Waals surface area contributed by atoms with Gasteiger partial charge in [-0.25, -0.2) is 0 Å². The van der Waals surface area contributed by atoms with Crippen LogP contribution in [0.5, 0.6) is 0 Å². The summed E-state index contributed by atoms with van der Waals surface area (Å²) in [6, 6.07) is 3.44. The second-order valence-electron chi connectivity index (χ2n) is 7.04. The van der Waals surface area contributed by atoms with E-state index < -0.39 is 4.33 Å². The van der Waals surface area contributed by atoms with Crippen LogP contribution in [0.2, 0.25) is 0 Å². The first-order valence-corrected chi connectivity index (χ1v) is 10.6. The third-order valence-electron chi connectivity index (χ3n) is 5.28. The molecule has 0 radical (unpaired) electrons. The number of benzene rings is 1. The number of aromatic nitrogens is 2. The molecule has 1 N–H and O–H groups in total. The molecule has 0 aliphatic heterocycles. The number of ketones is 2. The van der Waals surface area contributed by atoms with Gasteiger partial charge in [0.1, 0.15) is 5.52 Å². The average molecular weight is 422 g/mol. The normalized spacial score (nSPS) is 14.4. The topological polar surface area (TPSA) is 66.1 Å². The average Bonchev–Trinajstić information content (AvgIpc) is 3.11. The smallest absolute Gasteiger partial charge is 0.212 e. The third kappa shape index (κ3) is 3.58. The van der Waals surface area contributed by atoms with Crippen molar-refractivity contribution in [2.75, 3.05) is 13.1 Å². The minimum Gasteiger partial charge on any atom is -0.369 e. The minimum absolute atomic E-state index is 0.186. The predicted octanol–water partition coefficient (Wildman–Crippen LogP) is 5.38. The Hall–Kier alpha value is -1.85. The zero-order valence-corrected chi connectivity index (χ0v) is 18.0. The van der Waals surface area contributed by atoms with Crippen molar-refractivity contribution in [2.45, 2.75) is 50.8 Å². The summed E-state index contributed by atoms with van der Waals surface area (Å²) >= 11 is 13.2. The summed E-state index contributed by atoms with van der Waals surface area (Å²) in [5, 5.41) is 7.95. The molecule has 0 saturated heterocycles. The molecule has 1 heterocycles. The highest BCUT2D eigenvalue weighted by Gasteiger charge is 2.35. The maximum absolute atomic E-state index is 13.2. The molecule has 7 heteroatoms. The van der Waals surface area contributed by atoms with E-state index in [1.807, 2.05) is 18.7 Å². The second kappa shape index (κ2) is 8.26. The lowest BCUT2D eigenvalue weighted by Gasteiger charge is -2.26. The van der Waals surface area contributed by atoms with Crippen LogP contribution in [0.15, 0.2) is 23.9 Å². The number of Topliss-reactive ketones (excluding diaryl/α,β-unsaturated/α-hetero) is 1. The van der Waals surface area contributed by atoms with Gasteiger partial charge in [-0.05, 0) is 26.3 Å². The van der Waals surface area contributed by atoms with Crippen LogP contribution in [0, 0.1) is 0 Å². The highest BCUT2D eigenvalue weighted by atomic mass is 35.5. The van der Waals surface area contributed by atoms with Gasteiger partial charge in [0.2, 0.25) is 5.78 Å². The molecule has 2 aromatic rings. The fraction of sp³-hybridized carbons (Fsp3) is 0.476. The maximum Gasteiger partial charge on any atom is 0.212 e. The number of nitrogens with one attached hydrogen (secondary N) is 1. The van der Waals surface area contributed by atoms with Gasteiger partial charge in [0, 0.05) is 30.1 Å². The summed E-state index contributed by atoms with van der Waals surface area (Å²) in [4.78, 5) is 27.8. The molecule has 1 aliphatic carbocycles. The van der Waals surface area contributed by atoms with E-state index in [2.05, 4.69) is 17.1 Å². The number of allylic oxidation sites excluding steroid dienone is 2. The lowest BCUT2D eigenvalue weighted by Crippen LogP contribution is -2.31. The zero-order valence-electron chi connectivity index (χ0n) is 16.4. The van der Waals surface area contributed by atoms with Crippen molar-refractivity contribution in [2.24, 2.45) is 0 Å². The van der Waals surface area contributed by atoms with E-state index in [-0.39, 0.29) is 11.6 Å². The van der Waals surface area contributed by atoms with E-state index >= 15 is 0 Å². The van der Waals surface area contributed by atoms with Gasteiger partial charge in [-0.1, -0.05) is 55.5 Å². The van der Waals surface area contributed by atoms with E-state index in [0.717, 1.165) is 19.3 Å². The molecule has 0 saturated carbocycles. The Kier molecular flexibility index (Phi) is 6.15. The molecule has 3 rings (SSSR count). The van der Waals surface area contributed by atoms with Crippen molar-refractivity contribution in [3.05, 3.63) is 40.7 Å². The number of hydrogen-bond acceptors (Lipinski definition) is 4. The summed E-state index contributed by atoms with van der Waals surface area (Å²) in [5.41, 5.74) is 2.12. The van der Waals surface area contributed by atoms with Crippen LogP contribution >= 0.6 is 23.2 Å². The van der Waals surface area contributed by atoms with Crippen molar-refractivity contribution in [1.29, 1.82) is 0 Å². The summed E-state index contributed by atoms with van der Waals surface area (Å²) in [5.74, 6) is -0.378. The number of carbonyl (C=O) groups excluding carboxylic acids is 2. The first-order valence-electron chi connectivity index (χ1n) is 9.80. The molecule has 1 aliphatic rings. The highest BCUT2D eigenvalue weighted by Crippen LogP contribution is 2.42. The van der Waals surface area contributed by atoms with Crippen LogP contribution in [-0.4, -0.2) is 39.8 Å². The molecule has 0 fully saturated rings. The number of carbonyl (C=O) groups is 2. The molecular weight excluding hydrogens is 397 g/mol. The maximum atomic E-state index is 13.2. The molecule has 28 heavy (non-hydrogen) atoms. The molecule has 0 spiro atoms. The number of likely N-dealkylation sites (N-methyl/N-ethyl adjacent to an activating group) is 1. The van der Waals surface area contributed by atoms with E-state index in [4.69, 9.17) is 23.2 Å². The Morgan fingerprint density at radius 2 is 1.82 bits per heavy atom. The summed E-state index contributed by atoms with van der Waals surface area (Å²) in [7, 11) is 0. The first kappa shape index (κ1) is 20.9. The van der Waals surface area contributed by atoms with Gasteiger partial charge < -0.3 is 4.90 Å². The summed E-state index contributed by atoms with van der Waals surface area (Å²) in [6.07, 6.45) is 5.00. The molecule has 0 unspecified atom stereocenters. The Bertz CT molecular complexity index is 943. The standard InChI is InChI=1S/C21H25Cl2N3O2/c1-4-7-8-11-21(22,23)20-14-10-9-13-16(27)12-15(26(5-2)6-3)19(28)17(13)18(14)24-25-20/h9-10,12H,4-8,11H2,1-3H3,(H,24,25). The second-order valence-corrected chi connectivity index (χ2v) is 8.52. The van der Waals surface area contributed by atoms with Gasteiger partial charge in [-0.2, -0.15) is 5.10 Å². The van der Waals surface area contributed by atoms with Crippen LogP contribution in [-0.2, 0) is 4.33 Å². The zero-order chi connectivity index (χ0) is 20.5. The highest BCUT2D eigenvalue weighted by molar-refractivity contribution is 6.48. The lowest BCUT2D eigenvalue weighted by atomic mass is 9.89. The van der Waals surface area contributed by atoms with Crippen molar-refractivity contribution >= 4 is 45.7 Å². The molecule has 1 aromatic carbocycles. The number of fused-ring (bicyclic) bond motifs is 3. The van der Waals surface area contributed by atoms with Crippen molar-refractivity contribution < 1.29 is 9.59 Å². The van der Waals surface area contributed by atoms with Crippen LogP contribution in [0.4, 0.5) is 0 Å². The number of rotatable bonds is 8. The minimum atomic E-state index is -1.13. The molecule has 0 atom stereocenters. The van der Waals surface area contributed by atoms with Crippen LogP contribution < -0.4 is 0 Å². The largest absolute Gasteiger partial charge is 0.369 e. The van der Waals surface area contributed by atoms with Crippen molar-refractivity contribution in [3.8, 4) is 0 Å². The van der Waals surface area contributed by atoms with Gasteiger partial charge >= 0.3 is 0 Å². The van der Waals surface area contributed by atoms with Crippen LogP contribution in [0.1, 0.15) is 72.9 Å². The van der Waals surface area contributed by atoms with Gasteiger partial charge in [0.25, 0.3) is 0 Å². The predicted molar refractivity (Wildman–Crippen MR) is 113 cm³/mol. The van der Waals surface area contributed by atoms with E-state index in [9.17, 15) is 9.59 Å². The number of unbranched alkanes of at least 4 members (excludes halogenated alkanes) is 2. The number of hydrogen-bond donors (Lipinski definition) is 1. The van der Waals surface area contributed by atoms with E-state index in [1.165, 1.54) is 6.08 Å². The number of aromatic amines is 1. The molecule has 150 valence electrons. The summed E-state index contributed by atoms with van der Waals surface area (Å²) in [6.45, 7) is 7.31. The van der Waals surface area contributed by atoms with Crippen molar-refractivity contribution in [3.63, 3.8) is 0 Å². The quantitative estimate of drug-likeness (QED) is 0.458. The molecule has 5 nitrogen and oxygen atoms in total. The molecule has 0 amide bonds. The van der Waals surface area contributed by atoms with Gasteiger partial charge in [0.15, 0.2) is 10.1 Å². The Labute approximate surface area is 175 Å². The first-order chi connectivity index (χ1) is 13.4. The van der Waals surface area contributed by atoms with Gasteiger partial charge in [0.05, 0.1) is 17.0 Å². The van der Waals surface area contributed by atoms with Gasteiger partial charge in [-0.15, -0.1) is 0 Å². The third-order valence-corrected chi connectivity index (χ3v) is 6.04. The van der Waals surface area contributed by atoms with E-state index in [0.29, 0.717) is 52.9 Å². The van der Waals surface area contributed by atoms with Crippen LogP contribution in [0.25, 0.3) is 10.9 Å². The molecule has 1 aromatic heterocycles. The number of nitrogens with zero attached hydrogens (tertiary/aromatic N) is 2. The Morgan fingerprint density at radius 1 is 1.11 bits per heavy atom. The number of H-pyrrole nitrogens is 1. The Morgan fingerprint density at radius 3 is 2.46 bits per heavy atom. The lowest BCUT2D eigenvalue weighted by molar-refractivity contribution is 0.0954.